The fourth-order valence-corrected chi connectivity index (χ4v) is 3.05. The van der Waals surface area contributed by atoms with Crippen LogP contribution in [0.3, 0.4) is 0 Å². The van der Waals surface area contributed by atoms with Crippen molar-refractivity contribution in [3.05, 3.63) is 52.3 Å². The maximum Gasteiger partial charge on any atom is 0.231 e. The molecule has 1 aromatic carbocycles. The van der Waals surface area contributed by atoms with Gasteiger partial charge in [0.05, 0.1) is 23.7 Å². The van der Waals surface area contributed by atoms with Crippen molar-refractivity contribution in [1.29, 1.82) is 0 Å². The number of carbonyl (C=O) groups excluding carboxylic acids is 2. The summed E-state index contributed by atoms with van der Waals surface area (Å²) < 4.78 is 0.987. The molecule has 0 atom stereocenters. The number of aromatic amines is 1. The van der Waals surface area contributed by atoms with Crippen LogP contribution < -0.4 is 5.32 Å². The smallest absolute Gasteiger partial charge is 0.231 e. The molecule has 1 saturated carbocycles. The minimum atomic E-state index is -0.489. The molecule has 1 heterocycles. The van der Waals surface area contributed by atoms with Crippen molar-refractivity contribution < 1.29 is 9.59 Å². The second-order valence-corrected chi connectivity index (χ2v) is 6.45. The van der Waals surface area contributed by atoms with Gasteiger partial charge in [-0.15, -0.1) is 0 Å². The lowest BCUT2D eigenvalue weighted by Gasteiger charge is -2.40. The van der Waals surface area contributed by atoms with Crippen molar-refractivity contribution in [2.24, 2.45) is 0 Å². The molecule has 1 fully saturated rings. The van der Waals surface area contributed by atoms with Gasteiger partial charge in [0.15, 0.2) is 5.78 Å². The number of nitrogens with one attached hydrogen (secondary N) is 2. The standard InChI is InChI=1S/C16H16BrN3O2/c17-13-4-2-12(3-5-13)16(6-1-7-16)15(22)18-10-14(21)11-8-19-20-9-11/h2-5,8-9H,1,6-7,10H2,(H,18,22)(H,19,20). The highest BCUT2D eigenvalue weighted by atomic mass is 79.9. The number of nitrogens with zero attached hydrogens (tertiary/aromatic N) is 1. The van der Waals surface area contributed by atoms with Crippen LogP contribution in [-0.2, 0) is 10.2 Å². The Morgan fingerprint density at radius 3 is 2.55 bits per heavy atom. The van der Waals surface area contributed by atoms with Crippen LogP contribution in [0.1, 0.15) is 35.2 Å². The quantitative estimate of drug-likeness (QED) is 0.803. The molecule has 22 heavy (non-hydrogen) atoms. The Balaban J connectivity index is 1.69. The third-order valence-corrected chi connectivity index (χ3v) is 4.80. The van der Waals surface area contributed by atoms with Crippen LogP contribution in [0.2, 0.25) is 0 Å². The molecule has 1 aliphatic rings. The Bertz CT molecular complexity index is 676. The normalized spacial score (nSPS) is 15.9. The highest BCUT2D eigenvalue weighted by molar-refractivity contribution is 9.10. The molecule has 0 aliphatic heterocycles. The Hall–Kier alpha value is -1.95. The predicted molar refractivity (Wildman–Crippen MR) is 85.6 cm³/mol. The van der Waals surface area contributed by atoms with Crippen molar-refractivity contribution >= 4 is 27.6 Å². The van der Waals surface area contributed by atoms with Crippen LogP contribution in [0.25, 0.3) is 0 Å². The van der Waals surface area contributed by atoms with Crippen LogP contribution in [0.5, 0.6) is 0 Å². The first-order chi connectivity index (χ1) is 10.6. The SMILES string of the molecule is O=C(CNC(=O)C1(c2ccc(Br)cc2)CCC1)c1cn[nH]c1. The first kappa shape index (κ1) is 15.0. The summed E-state index contributed by atoms with van der Waals surface area (Å²) in [4.78, 5) is 24.6. The molecule has 0 unspecified atom stereocenters. The number of rotatable bonds is 5. The lowest BCUT2D eigenvalue weighted by atomic mass is 9.64. The molecular formula is C16H16BrN3O2. The second kappa shape index (κ2) is 6.04. The number of amides is 1. The number of H-pyrrole nitrogens is 1. The summed E-state index contributed by atoms with van der Waals surface area (Å²) in [6.45, 7) is -0.00333. The monoisotopic (exact) mass is 361 g/mol. The van der Waals surface area contributed by atoms with Crippen LogP contribution in [0, 0.1) is 0 Å². The van der Waals surface area contributed by atoms with Gasteiger partial charge in [0, 0.05) is 10.7 Å². The topological polar surface area (TPSA) is 74.8 Å². The molecule has 0 bridgehead atoms. The van der Waals surface area contributed by atoms with E-state index in [9.17, 15) is 9.59 Å². The van der Waals surface area contributed by atoms with Gasteiger partial charge in [0.25, 0.3) is 0 Å². The van der Waals surface area contributed by atoms with Crippen LogP contribution in [0.4, 0.5) is 0 Å². The van der Waals surface area contributed by atoms with Gasteiger partial charge >= 0.3 is 0 Å². The molecule has 1 aliphatic carbocycles. The Kier molecular flexibility index (Phi) is 4.11. The van der Waals surface area contributed by atoms with Crippen molar-refractivity contribution in [3.63, 3.8) is 0 Å². The van der Waals surface area contributed by atoms with Crippen LogP contribution >= 0.6 is 15.9 Å². The van der Waals surface area contributed by atoms with E-state index in [1.54, 1.807) is 0 Å². The molecule has 6 heteroatoms. The Labute approximate surface area is 136 Å². The fourth-order valence-electron chi connectivity index (χ4n) is 2.78. The van der Waals surface area contributed by atoms with E-state index in [2.05, 4.69) is 31.4 Å². The predicted octanol–water partition coefficient (Wildman–Crippen LogP) is 2.59. The first-order valence-corrected chi connectivity index (χ1v) is 7.97. The Morgan fingerprint density at radius 2 is 2.00 bits per heavy atom. The molecule has 0 spiro atoms. The van der Waals surface area contributed by atoms with Gasteiger partial charge in [-0.2, -0.15) is 5.10 Å². The highest BCUT2D eigenvalue weighted by Gasteiger charge is 2.45. The first-order valence-electron chi connectivity index (χ1n) is 7.18. The van der Waals surface area contributed by atoms with Crippen LogP contribution in [-0.4, -0.2) is 28.4 Å². The minimum absolute atomic E-state index is 0.00333. The van der Waals surface area contributed by atoms with Gasteiger partial charge in [0.2, 0.25) is 5.91 Å². The van der Waals surface area contributed by atoms with E-state index in [1.165, 1.54) is 12.4 Å². The highest BCUT2D eigenvalue weighted by Crippen LogP contribution is 2.44. The summed E-state index contributed by atoms with van der Waals surface area (Å²) in [5.74, 6) is -0.217. The number of hydrogen-bond donors (Lipinski definition) is 2. The number of benzene rings is 1. The largest absolute Gasteiger partial charge is 0.348 e. The number of ketones is 1. The Morgan fingerprint density at radius 1 is 1.27 bits per heavy atom. The fraction of sp³-hybridized carbons (Fsp3) is 0.312. The van der Waals surface area contributed by atoms with Gasteiger partial charge < -0.3 is 5.32 Å². The zero-order valence-electron chi connectivity index (χ0n) is 11.9. The van der Waals surface area contributed by atoms with Crippen molar-refractivity contribution in [2.45, 2.75) is 24.7 Å². The maximum atomic E-state index is 12.6. The van der Waals surface area contributed by atoms with E-state index >= 15 is 0 Å². The number of Topliss-reactive ketones (excluding diaryl/α,β-unsaturated/α-hetero) is 1. The van der Waals surface area contributed by atoms with Gasteiger partial charge in [-0.05, 0) is 30.5 Å². The average molecular weight is 362 g/mol. The van der Waals surface area contributed by atoms with Gasteiger partial charge in [-0.25, -0.2) is 0 Å². The lowest BCUT2D eigenvalue weighted by Crippen LogP contribution is -2.50. The molecule has 1 aromatic heterocycles. The maximum absolute atomic E-state index is 12.6. The second-order valence-electron chi connectivity index (χ2n) is 5.54. The van der Waals surface area contributed by atoms with E-state index < -0.39 is 5.41 Å². The number of halogens is 1. The summed E-state index contributed by atoms with van der Waals surface area (Å²) >= 11 is 3.41. The summed E-state index contributed by atoms with van der Waals surface area (Å²) in [6.07, 6.45) is 5.66. The third-order valence-electron chi connectivity index (χ3n) is 4.27. The molecule has 3 rings (SSSR count). The molecule has 1 amide bonds. The molecule has 0 radical (unpaired) electrons. The molecule has 0 saturated heterocycles. The molecule has 2 aromatic rings. The zero-order valence-corrected chi connectivity index (χ0v) is 13.5. The zero-order chi connectivity index (χ0) is 15.6. The van der Waals surface area contributed by atoms with E-state index in [-0.39, 0.29) is 18.2 Å². The lowest BCUT2D eigenvalue weighted by molar-refractivity contribution is -0.129. The summed E-state index contributed by atoms with van der Waals surface area (Å²) in [7, 11) is 0. The van der Waals surface area contributed by atoms with Crippen molar-refractivity contribution in [2.75, 3.05) is 6.54 Å². The van der Waals surface area contributed by atoms with E-state index in [1.807, 2.05) is 24.3 Å². The van der Waals surface area contributed by atoms with Crippen LogP contribution in [0.15, 0.2) is 41.1 Å². The molecule has 5 nitrogen and oxygen atoms in total. The molecule has 2 N–H and O–H groups in total. The molecular weight excluding hydrogens is 346 g/mol. The van der Waals surface area contributed by atoms with E-state index in [0.717, 1.165) is 29.3 Å². The number of aromatic nitrogens is 2. The molecule has 114 valence electrons. The van der Waals surface area contributed by atoms with Gasteiger partial charge in [-0.1, -0.05) is 34.5 Å². The van der Waals surface area contributed by atoms with Gasteiger partial charge in [-0.3, -0.25) is 14.7 Å². The summed E-state index contributed by atoms with van der Waals surface area (Å²) in [5, 5.41) is 9.12. The average Bonchev–Trinajstić information content (AvgIpc) is 3.00. The van der Waals surface area contributed by atoms with Crippen molar-refractivity contribution in [3.8, 4) is 0 Å². The number of carbonyl (C=O) groups is 2. The van der Waals surface area contributed by atoms with Gasteiger partial charge in [0.1, 0.15) is 0 Å². The summed E-state index contributed by atoms with van der Waals surface area (Å²) in [6, 6.07) is 7.83. The summed E-state index contributed by atoms with van der Waals surface area (Å²) in [5.41, 5.74) is 0.999. The minimum Gasteiger partial charge on any atom is -0.348 e. The van der Waals surface area contributed by atoms with E-state index in [0.29, 0.717) is 5.56 Å². The third kappa shape index (κ3) is 2.70. The van der Waals surface area contributed by atoms with Crippen molar-refractivity contribution in [1.82, 2.24) is 15.5 Å². The van der Waals surface area contributed by atoms with E-state index in [4.69, 9.17) is 0 Å². The number of hydrogen-bond acceptors (Lipinski definition) is 3.